The van der Waals surface area contributed by atoms with Gasteiger partial charge in [-0.05, 0) is 40.8 Å². The Morgan fingerprint density at radius 2 is 2.14 bits per heavy atom. The highest BCUT2D eigenvalue weighted by Crippen LogP contribution is 2.28. The number of hydrogen-bond acceptors (Lipinski definition) is 3. The van der Waals surface area contributed by atoms with Gasteiger partial charge in [-0.2, -0.15) is 0 Å². The van der Waals surface area contributed by atoms with Crippen molar-refractivity contribution in [2.24, 2.45) is 0 Å². The van der Waals surface area contributed by atoms with Crippen molar-refractivity contribution >= 4 is 40.0 Å². The molecule has 0 fully saturated rings. The number of rotatable bonds is 1. The van der Waals surface area contributed by atoms with Gasteiger partial charge in [0.25, 0.3) is 0 Å². The second-order valence-corrected chi connectivity index (χ2v) is 4.34. The van der Waals surface area contributed by atoms with Crippen LogP contribution in [0.3, 0.4) is 0 Å². The van der Waals surface area contributed by atoms with E-state index in [0.29, 0.717) is 16.6 Å². The summed E-state index contributed by atoms with van der Waals surface area (Å²) in [5.74, 6) is 1.00. The molecule has 0 bridgehead atoms. The molecule has 0 saturated heterocycles. The molecule has 0 aliphatic carbocycles. The Morgan fingerprint density at radius 1 is 1.36 bits per heavy atom. The quantitative estimate of drug-likeness (QED) is 0.821. The van der Waals surface area contributed by atoms with Crippen LogP contribution in [0.5, 0.6) is 0 Å². The van der Waals surface area contributed by atoms with Crippen LogP contribution in [-0.4, -0.2) is 5.16 Å². The maximum absolute atomic E-state index is 5.88. The van der Waals surface area contributed by atoms with Crippen LogP contribution in [0.25, 0.3) is 11.3 Å². The fourth-order valence-corrected chi connectivity index (χ4v) is 1.88. The number of anilines is 1. The van der Waals surface area contributed by atoms with Crippen molar-refractivity contribution in [3.05, 3.63) is 32.9 Å². The molecule has 2 N–H and O–H groups in total. The molecule has 2 aromatic rings. The smallest absolute Gasteiger partial charge is 0.170 e. The molecule has 3 nitrogen and oxygen atoms in total. The molecule has 0 aliphatic heterocycles. The van der Waals surface area contributed by atoms with Crippen molar-refractivity contribution in [3.8, 4) is 11.3 Å². The van der Waals surface area contributed by atoms with Crippen molar-refractivity contribution in [2.45, 2.75) is 0 Å². The first-order valence-electron chi connectivity index (χ1n) is 3.84. The number of benzene rings is 1. The number of nitrogens with zero attached hydrogens (tertiary/aromatic N) is 1. The van der Waals surface area contributed by atoms with Crippen LogP contribution in [-0.2, 0) is 0 Å². The molecule has 0 aliphatic rings. The van der Waals surface area contributed by atoms with E-state index in [-0.39, 0.29) is 0 Å². The molecule has 14 heavy (non-hydrogen) atoms. The summed E-state index contributed by atoms with van der Waals surface area (Å²) in [7, 11) is 0. The van der Waals surface area contributed by atoms with Gasteiger partial charge in [-0.25, -0.2) is 0 Å². The highest BCUT2D eigenvalue weighted by Gasteiger charge is 2.08. The molecule has 1 aromatic carbocycles. The first-order valence-corrected chi connectivity index (χ1v) is 5.30. The summed E-state index contributed by atoms with van der Waals surface area (Å²) in [6.07, 6.45) is 0. The molecule has 2 rings (SSSR count). The van der Waals surface area contributed by atoms with Crippen molar-refractivity contribution in [1.29, 1.82) is 0 Å². The molecule has 1 heterocycles. The van der Waals surface area contributed by atoms with E-state index in [1.54, 1.807) is 6.07 Å². The summed E-state index contributed by atoms with van der Waals surface area (Å²) in [5.41, 5.74) is 6.37. The lowest BCUT2D eigenvalue weighted by molar-refractivity contribution is 0.435. The maximum atomic E-state index is 5.88. The van der Waals surface area contributed by atoms with Gasteiger partial charge in [0.15, 0.2) is 11.6 Å². The lowest BCUT2D eigenvalue weighted by atomic mass is 10.2. The number of aromatic nitrogens is 1. The van der Waals surface area contributed by atoms with E-state index in [9.17, 15) is 0 Å². The topological polar surface area (TPSA) is 52.0 Å². The van der Waals surface area contributed by atoms with E-state index < -0.39 is 0 Å². The Balaban J connectivity index is 2.55. The molecular formula is C9H6ClIN2O. The highest BCUT2D eigenvalue weighted by atomic mass is 127. The molecule has 0 atom stereocenters. The van der Waals surface area contributed by atoms with Crippen LogP contribution in [0, 0.1) is 3.57 Å². The lowest BCUT2D eigenvalue weighted by Crippen LogP contribution is -1.81. The normalized spacial score (nSPS) is 10.4. The largest absolute Gasteiger partial charge is 0.381 e. The number of halogens is 2. The summed E-state index contributed by atoms with van der Waals surface area (Å²) in [6.45, 7) is 0. The van der Waals surface area contributed by atoms with Crippen molar-refractivity contribution in [3.63, 3.8) is 0 Å². The van der Waals surface area contributed by atoms with Gasteiger partial charge in [-0.1, -0.05) is 16.8 Å². The fraction of sp³-hybridized carbons (Fsp3) is 0. The Kier molecular flexibility index (Phi) is 2.64. The summed E-state index contributed by atoms with van der Waals surface area (Å²) in [5, 5.41) is 4.28. The molecular weight excluding hydrogens is 314 g/mol. The predicted molar refractivity (Wildman–Crippen MR) is 64.1 cm³/mol. The standard InChI is InChI=1S/C9H6ClIN2O/c10-5-1-2-7(11)6(3-5)8-4-9(12)13-14-8/h1-4H,(H2,12,13). The average Bonchev–Trinajstić information content (AvgIpc) is 2.56. The van der Waals surface area contributed by atoms with Gasteiger partial charge >= 0.3 is 0 Å². The molecule has 72 valence electrons. The minimum Gasteiger partial charge on any atom is -0.381 e. The van der Waals surface area contributed by atoms with Crippen molar-refractivity contribution < 1.29 is 4.52 Å². The fourth-order valence-electron chi connectivity index (χ4n) is 1.10. The Hall–Kier alpha value is -0.750. The summed E-state index contributed by atoms with van der Waals surface area (Å²) in [6, 6.07) is 7.24. The molecule has 0 unspecified atom stereocenters. The van der Waals surface area contributed by atoms with Crippen molar-refractivity contribution in [2.75, 3.05) is 5.73 Å². The minimum absolute atomic E-state index is 0.371. The first-order chi connectivity index (χ1) is 6.66. The Morgan fingerprint density at radius 3 is 2.79 bits per heavy atom. The van der Waals surface area contributed by atoms with Gasteiger partial charge in [0, 0.05) is 20.2 Å². The third-order valence-corrected chi connectivity index (χ3v) is 2.90. The van der Waals surface area contributed by atoms with E-state index in [0.717, 1.165) is 9.13 Å². The molecule has 0 saturated carbocycles. The molecule has 1 aromatic heterocycles. The van der Waals surface area contributed by atoms with Gasteiger partial charge < -0.3 is 10.3 Å². The molecule has 0 radical (unpaired) electrons. The van der Waals surface area contributed by atoms with E-state index >= 15 is 0 Å². The first kappa shape index (κ1) is 9.79. The lowest BCUT2D eigenvalue weighted by Gasteiger charge is -1.99. The van der Waals surface area contributed by atoms with Gasteiger partial charge in [-0.15, -0.1) is 0 Å². The van der Waals surface area contributed by atoms with E-state index in [1.807, 2.05) is 18.2 Å². The van der Waals surface area contributed by atoms with E-state index in [1.165, 1.54) is 0 Å². The van der Waals surface area contributed by atoms with Crippen LogP contribution in [0.1, 0.15) is 0 Å². The summed E-state index contributed by atoms with van der Waals surface area (Å²) >= 11 is 8.08. The third kappa shape index (κ3) is 1.85. The highest BCUT2D eigenvalue weighted by molar-refractivity contribution is 14.1. The zero-order valence-electron chi connectivity index (χ0n) is 7.00. The van der Waals surface area contributed by atoms with Gasteiger partial charge in [0.05, 0.1) is 0 Å². The van der Waals surface area contributed by atoms with Crippen molar-refractivity contribution in [1.82, 2.24) is 5.16 Å². The van der Waals surface area contributed by atoms with Crippen LogP contribution in [0.2, 0.25) is 5.02 Å². The third-order valence-electron chi connectivity index (χ3n) is 1.72. The average molecular weight is 321 g/mol. The Bertz CT molecular complexity index is 470. The van der Waals surface area contributed by atoms with Crippen LogP contribution >= 0.6 is 34.2 Å². The number of hydrogen-bond donors (Lipinski definition) is 1. The molecule has 0 spiro atoms. The molecule has 5 heteroatoms. The molecule has 0 amide bonds. The number of nitrogen functional groups attached to an aromatic ring is 1. The maximum Gasteiger partial charge on any atom is 0.170 e. The van der Waals surface area contributed by atoms with E-state index in [2.05, 4.69) is 27.7 Å². The minimum atomic E-state index is 0.371. The predicted octanol–water partition coefficient (Wildman–Crippen LogP) is 3.18. The van der Waals surface area contributed by atoms with Gasteiger partial charge in [-0.3, -0.25) is 0 Å². The van der Waals surface area contributed by atoms with Crippen LogP contribution < -0.4 is 5.73 Å². The van der Waals surface area contributed by atoms with Gasteiger partial charge in [0.1, 0.15) is 0 Å². The zero-order chi connectivity index (χ0) is 10.1. The van der Waals surface area contributed by atoms with Gasteiger partial charge in [0.2, 0.25) is 0 Å². The summed E-state index contributed by atoms with van der Waals surface area (Å²) in [4.78, 5) is 0. The summed E-state index contributed by atoms with van der Waals surface area (Å²) < 4.78 is 6.09. The number of nitrogens with two attached hydrogens (primary N) is 1. The Labute approximate surface area is 99.4 Å². The van der Waals surface area contributed by atoms with Crippen LogP contribution in [0.4, 0.5) is 5.82 Å². The SMILES string of the molecule is Nc1cc(-c2cc(Cl)ccc2I)on1. The van der Waals surface area contributed by atoms with E-state index in [4.69, 9.17) is 21.9 Å². The zero-order valence-corrected chi connectivity index (χ0v) is 9.91. The van der Waals surface area contributed by atoms with Crippen LogP contribution in [0.15, 0.2) is 28.8 Å². The monoisotopic (exact) mass is 320 g/mol. The second-order valence-electron chi connectivity index (χ2n) is 2.74. The second kappa shape index (κ2) is 3.78.